The minimum absolute atomic E-state index is 0.610. The molecule has 0 spiro atoms. The Morgan fingerprint density at radius 2 is 0.435 bits per heavy atom. The Morgan fingerprint density at radius 3 is 0.598 bits per heavy atom. The number of hydrogen-bond donors (Lipinski definition) is 0. The molecule has 556 valence electrons. The molecule has 6 aliphatic carbocycles. The van der Waals surface area contributed by atoms with Gasteiger partial charge in [0.05, 0.1) is 0 Å². The van der Waals surface area contributed by atoms with E-state index < -0.39 is 0 Å². The van der Waals surface area contributed by atoms with E-state index in [1.807, 2.05) is 0 Å². The van der Waals surface area contributed by atoms with Crippen molar-refractivity contribution >= 4 is 73.9 Å². The summed E-state index contributed by atoms with van der Waals surface area (Å²) in [6, 6.07) is 0. The van der Waals surface area contributed by atoms with Crippen molar-refractivity contribution in [2.24, 2.45) is 52.8 Å². The molecular weight excluding hydrogens is 1260 g/mol. The predicted octanol–water partition coefficient (Wildman–Crippen LogP) is 30.8. The zero-order chi connectivity index (χ0) is 67.9. The molecule has 0 aliphatic heterocycles. The zero-order valence-electron chi connectivity index (χ0n) is 64.5. The van der Waals surface area contributed by atoms with Crippen LogP contribution >= 0.6 is 73.9 Å². The standard InChI is InChI=1S/C19H39P.C16H33P.C13H27P.C10H21P.C9H19P.C8H17P.C5H13P.C4H11P/c20-18-19-16-14-12-10-8-6-4-2-1-3-5-7-9-11-13-15-17-19;17-15-16-13-11-9-7-5-3-1-2-4-6-8-10-12-14-16;14-12-13-10-8-6-4-2-1-3-5-7-9-11-13;1-8-4-9(7-11)6-10(2,3)5-8;10-8-9-6-4-2-1-3-5-7-9;1-7-2-4-8(6-9)5-3-7;1-2-3-4-5-6;1-2-3-4-5/h19H,1-18,20H2;16H,1-15,17H2;13H,1-12,14H2;8-9H,4-7,11H2,1-3H3;9H,1-8,10H2;7-8H,2-6,9H2,1H3;2-6H2,1H3;2-5H2,1H3. The fourth-order valence-corrected chi connectivity index (χ4v) is 19.1. The van der Waals surface area contributed by atoms with Gasteiger partial charge in [0.25, 0.3) is 0 Å². The molecule has 0 aromatic rings. The first-order chi connectivity index (χ1) is 44.9. The Bertz CT molecular complexity index is 1280. The van der Waals surface area contributed by atoms with Gasteiger partial charge < -0.3 is 0 Å². The van der Waals surface area contributed by atoms with Crippen molar-refractivity contribution in [1.29, 1.82) is 0 Å². The molecule has 0 saturated heterocycles. The lowest BCUT2D eigenvalue weighted by molar-refractivity contribution is 0.145. The van der Waals surface area contributed by atoms with E-state index in [2.05, 4.69) is 115 Å². The third-order valence-electron chi connectivity index (χ3n) is 22.1. The topological polar surface area (TPSA) is 0 Å². The summed E-state index contributed by atoms with van der Waals surface area (Å²) >= 11 is 0. The molecule has 10 unspecified atom stereocenters. The van der Waals surface area contributed by atoms with E-state index in [0.29, 0.717) is 5.41 Å². The van der Waals surface area contributed by atoms with Gasteiger partial charge in [-0.3, -0.25) is 0 Å². The molecule has 0 radical (unpaired) electrons. The summed E-state index contributed by atoms with van der Waals surface area (Å²) < 4.78 is 0. The molecule has 6 rings (SSSR count). The molecule has 6 aliphatic rings. The summed E-state index contributed by atoms with van der Waals surface area (Å²) in [5.41, 5.74) is 0.610. The van der Waals surface area contributed by atoms with Gasteiger partial charge in [-0.25, -0.2) is 0 Å². The maximum atomic E-state index is 2.99. The van der Waals surface area contributed by atoms with E-state index >= 15 is 0 Å². The second-order valence-corrected chi connectivity index (χ2v) is 36.2. The molecule has 0 nitrogen and oxygen atoms in total. The average molecular weight is 1440 g/mol. The molecule has 0 aromatic carbocycles. The van der Waals surface area contributed by atoms with Gasteiger partial charge in [-0.2, -0.15) is 0 Å². The van der Waals surface area contributed by atoms with E-state index in [-0.39, 0.29) is 0 Å². The number of hydrogen-bond acceptors (Lipinski definition) is 0. The van der Waals surface area contributed by atoms with Crippen LogP contribution in [-0.4, -0.2) is 49.3 Å². The van der Waals surface area contributed by atoms with E-state index in [9.17, 15) is 0 Å². The molecule has 6 saturated carbocycles. The van der Waals surface area contributed by atoms with Crippen molar-refractivity contribution < 1.29 is 0 Å². The summed E-state index contributed by atoms with van der Waals surface area (Å²) in [6.45, 7) is 14.0. The van der Waals surface area contributed by atoms with Gasteiger partial charge in [0.2, 0.25) is 0 Å². The Hall–Kier alpha value is 3.44. The summed E-state index contributed by atoms with van der Waals surface area (Å²) in [5, 5.41) is 0. The summed E-state index contributed by atoms with van der Waals surface area (Å²) in [5.74, 6) is 8.01. The summed E-state index contributed by atoms with van der Waals surface area (Å²) in [6.07, 6.45) is 100. The van der Waals surface area contributed by atoms with Crippen molar-refractivity contribution in [1.82, 2.24) is 0 Å². The van der Waals surface area contributed by atoms with Crippen molar-refractivity contribution in [3.63, 3.8) is 0 Å². The molecule has 0 N–H and O–H groups in total. The highest BCUT2D eigenvalue weighted by Gasteiger charge is 2.31. The molecule has 0 amide bonds. The highest BCUT2D eigenvalue weighted by Crippen LogP contribution is 2.42. The van der Waals surface area contributed by atoms with Crippen molar-refractivity contribution in [2.75, 3.05) is 49.3 Å². The molecule has 0 bridgehead atoms. The number of unbranched alkanes of at least 4 members (excludes halogenated alkanes) is 3. The largest absolute Gasteiger partial charge is 0.138 e. The van der Waals surface area contributed by atoms with Crippen LogP contribution in [0.15, 0.2) is 0 Å². The summed E-state index contributed by atoms with van der Waals surface area (Å²) in [7, 11) is 23.0. The Labute approximate surface area is 605 Å². The first kappa shape index (κ1) is 97.5. The van der Waals surface area contributed by atoms with Gasteiger partial charge in [0.1, 0.15) is 0 Å². The zero-order valence-corrected chi connectivity index (χ0v) is 73.8. The van der Waals surface area contributed by atoms with Gasteiger partial charge in [-0.15, -0.1) is 73.9 Å². The van der Waals surface area contributed by atoms with Crippen LogP contribution in [0.4, 0.5) is 0 Å². The molecule has 10 atom stereocenters. The fraction of sp³-hybridized carbons (Fsp3) is 1.00. The fourth-order valence-electron chi connectivity index (χ4n) is 15.7. The third-order valence-corrected chi connectivity index (χ3v) is 26.9. The van der Waals surface area contributed by atoms with Gasteiger partial charge in [-0.1, -0.05) is 395 Å². The van der Waals surface area contributed by atoms with E-state index in [1.54, 1.807) is 0 Å². The van der Waals surface area contributed by atoms with Crippen LogP contribution in [0.5, 0.6) is 0 Å². The molecule has 0 aromatic heterocycles. The quantitative estimate of drug-likeness (QED) is 0.143. The monoisotopic (exact) mass is 1440 g/mol. The maximum absolute atomic E-state index is 2.99. The maximum Gasteiger partial charge on any atom is -0.0349 e. The van der Waals surface area contributed by atoms with E-state index in [1.165, 1.54) is 441 Å². The first-order valence-electron chi connectivity index (χ1n) is 42.5. The van der Waals surface area contributed by atoms with E-state index in [4.69, 9.17) is 0 Å². The van der Waals surface area contributed by atoms with Crippen LogP contribution in [-0.2, 0) is 0 Å². The van der Waals surface area contributed by atoms with Gasteiger partial charge in [-0.05, 0) is 141 Å². The smallest absolute Gasteiger partial charge is 0.0349 e. The predicted molar refractivity (Wildman–Crippen MR) is 463 cm³/mol. The molecule has 92 heavy (non-hydrogen) atoms. The van der Waals surface area contributed by atoms with Crippen LogP contribution in [0.2, 0.25) is 0 Å². The molecule has 0 heterocycles. The van der Waals surface area contributed by atoms with Gasteiger partial charge >= 0.3 is 0 Å². The van der Waals surface area contributed by atoms with Crippen LogP contribution in [0, 0.1) is 52.8 Å². The van der Waals surface area contributed by atoms with Crippen molar-refractivity contribution in [3.05, 3.63) is 0 Å². The normalized spacial score (nSPS) is 24.8. The SMILES string of the molecule is CC1CC(CP)CC(C)(C)C1.CC1CCC(CP)CC1.CCCCCP.CCCCP.PCC1CCCCCCC1.PCC1CCCCCCCCCCC1.PCC1CCCCCCCCCCCCCC1.PCC1CCCCCCCCCCCCCCCCC1. The lowest BCUT2D eigenvalue weighted by Crippen LogP contribution is -2.28. The first-order valence-corrected chi connectivity index (χ1v) is 49.1. The molecule has 6 fully saturated rings. The van der Waals surface area contributed by atoms with Crippen LogP contribution in [0.1, 0.15) is 433 Å². The second kappa shape index (κ2) is 78.6. The van der Waals surface area contributed by atoms with Crippen LogP contribution in [0.3, 0.4) is 0 Å². The van der Waals surface area contributed by atoms with E-state index in [0.717, 1.165) is 47.3 Å². The highest BCUT2D eigenvalue weighted by molar-refractivity contribution is 7.17. The second-order valence-electron chi connectivity index (χ2n) is 32.2. The Balaban J connectivity index is 0. The third kappa shape index (κ3) is 71.8. The van der Waals surface area contributed by atoms with Crippen LogP contribution in [0.25, 0.3) is 0 Å². The minimum Gasteiger partial charge on any atom is -0.138 e. The molecule has 8 heteroatoms. The lowest BCUT2D eigenvalue weighted by atomic mass is 9.68. The van der Waals surface area contributed by atoms with Crippen molar-refractivity contribution in [3.8, 4) is 0 Å². The molecular formula is C84H180P8. The number of rotatable bonds is 11. The van der Waals surface area contributed by atoms with Crippen molar-refractivity contribution in [2.45, 2.75) is 433 Å². The summed E-state index contributed by atoms with van der Waals surface area (Å²) in [4.78, 5) is 0. The van der Waals surface area contributed by atoms with Gasteiger partial charge in [0, 0.05) is 0 Å². The minimum atomic E-state index is 0.610. The van der Waals surface area contributed by atoms with Gasteiger partial charge in [0.15, 0.2) is 0 Å². The Kier molecular flexibility index (Phi) is 83.3. The van der Waals surface area contributed by atoms with Crippen LogP contribution < -0.4 is 0 Å². The lowest BCUT2D eigenvalue weighted by Gasteiger charge is -2.38. The Morgan fingerprint density at radius 1 is 0.228 bits per heavy atom. The average Bonchev–Trinajstić information content (AvgIpc) is 1.05. The highest BCUT2D eigenvalue weighted by atomic mass is 31.0.